The van der Waals surface area contributed by atoms with Crippen molar-refractivity contribution in [3.63, 3.8) is 0 Å². The maximum Gasteiger partial charge on any atom is 0.335 e. The van der Waals surface area contributed by atoms with E-state index in [1.54, 1.807) is 50.5 Å². The molecule has 0 spiro atoms. The zero-order valence-corrected chi connectivity index (χ0v) is 15.3. The van der Waals surface area contributed by atoms with Gasteiger partial charge in [-0.3, -0.25) is 9.59 Å². The Labute approximate surface area is 157 Å². The molecule has 0 heterocycles. The summed E-state index contributed by atoms with van der Waals surface area (Å²) in [6.07, 6.45) is 0.495. The molecule has 0 unspecified atom stereocenters. The maximum absolute atomic E-state index is 12.4. The van der Waals surface area contributed by atoms with Crippen molar-refractivity contribution in [2.24, 2.45) is 0 Å². The van der Waals surface area contributed by atoms with Gasteiger partial charge in [0.05, 0.1) is 11.1 Å². The third kappa shape index (κ3) is 5.85. The summed E-state index contributed by atoms with van der Waals surface area (Å²) in [7, 11) is 3.26. The lowest BCUT2D eigenvalue weighted by atomic mass is 10.1. The van der Waals surface area contributed by atoms with E-state index in [0.29, 0.717) is 24.3 Å². The van der Waals surface area contributed by atoms with Crippen LogP contribution in [0.25, 0.3) is 0 Å². The van der Waals surface area contributed by atoms with Gasteiger partial charge in [-0.2, -0.15) is 0 Å². The predicted octanol–water partition coefficient (Wildman–Crippen LogP) is 1.82. The minimum atomic E-state index is -0.987. The van der Waals surface area contributed by atoms with Gasteiger partial charge in [0.2, 0.25) is 0 Å². The molecule has 0 radical (unpaired) electrons. The van der Waals surface area contributed by atoms with E-state index < -0.39 is 5.97 Å². The molecule has 0 bridgehead atoms. The normalized spacial score (nSPS) is 10.1. The van der Waals surface area contributed by atoms with E-state index >= 15 is 0 Å². The molecule has 2 amide bonds. The molecule has 0 aliphatic rings. The zero-order valence-electron chi connectivity index (χ0n) is 15.3. The highest BCUT2D eigenvalue weighted by molar-refractivity contribution is 5.97. The van der Waals surface area contributed by atoms with E-state index in [1.807, 2.05) is 6.07 Å². The van der Waals surface area contributed by atoms with Crippen LogP contribution in [0.1, 0.15) is 26.3 Å². The molecule has 2 N–H and O–H groups in total. The summed E-state index contributed by atoms with van der Waals surface area (Å²) >= 11 is 0. The van der Waals surface area contributed by atoms with E-state index in [0.717, 1.165) is 5.56 Å². The number of carbonyl (C=O) groups is 3. The van der Waals surface area contributed by atoms with Gasteiger partial charge < -0.3 is 20.1 Å². The van der Waals surface area contributed by atoms with Crippen molar-refractivity contribution in [1.82, 2.24) is 10.2 Å². The molecular formula is C20H22N2O5. The number of likely N-dealkylation sites (N-methyl/N-ethyl adjacent to an activating group) is 1. The van der Waals surface area contributed by atoms with Crippen molar-refractivity contribution in [2.45, 2.75) is 6.42 Å². The molecule has 2 aromatic rings. The molecule has 0 saturated heterocycles. The van der Waals surface area contributed by atoms with Gasteiger partial charge in [-0.25, -0.2) is 4.79 Å². The molecule has 0 fully saturated rings. The number of nitrogens with zero attached hydrogens (tertiary/aromatic N) is 1. The van der Waals surface area contributed by atoms with Crippen LogP contribution < -0.4 is 10.1 Å². The minimum absolute atomic E-state index is 0.153. The third-order valence-corrected chi connectivity index (χ3v) is 3.85. The number of rotatable bonds is 8. The molecule has 0 aliphatic heterocycles. The van der Waals surface area contributed by atoms with Gasteiger partial charge in [-0.05, 0) is 36.2 Å². The zero-order chi connectivity index (χ0) is 19.8. The van der Waals surface area contributed by atoms with Gasteiger partial charge in [0.15, 0.2) is 6.61 Å². The largest absolute Gasteiger partial charge is 0.483 e. The number of carbonyl (C=O) groups excluding carboxylic acids is 2. The first-order valence-electron chi connectivity index (χ1n) is 8.41. The number of ether oxygens (including phenoxy) is 1. The first kappa shape index (κ1) is 20.0. The van der Waals surface area contributed by atoms with Crippen molar-refractivity contribution < 1.29 is 24.2 Å². The Kier molecular flexibility index (Phi) is 6.93. The fraction of sp³-hybridized carbons (Fsp3) is 0.250. The van der Waals surface area contributed by atoms with Crippen LogP contribution in [-0.2, 0) is 11.2 Å². The van der Waals surface area contributed by atoms with Crippen LogP contribution in [0.2, 0.25) is 0 Å². The Hall–Kier alpha value is -3.35. The van der Waals surface area contributed by atoms with Gasteiger partial charge in [-0.15, -0.1) is 0 Å². The third-order valence-electron chi connectivity index (χ3n) is 3.85. The molecule has 0 aromatic heterocycles. The molecule has 0 saturated carbocycles. The summed E-state index contributed by atoms with van der Waals surface area (Å²) in [5.41, 5.74) is 1.36. The number of hydrogen-bond acceptors (Lipinski definition) is 4. The monoisotopic (exact) mass is 370 g/mol. The van der Waals surface area contributed by atoms with Crippen LogP contribution in [0.4, 0.5) is 0 Å². The molecule has 2 rings (SSSR count). The molecule has 142 valence electrons. The number of carboxylic acids is 1. The quantitative estimate of drug-likeness (QED) is 0.739. The predicted molar refractivity (Wildman–Crippen MR) is 100 cm³/mol. The average molecular weight is 370 g/mol. The van der Waals surface area contributed by atoms with E-state index in [4.69, 9.17) is 9.84 Å². The van der Waals surface area contributed by atoms with Crippen LogP contribution in [0, 0.1) is 0 Å². The van der Waals surface area contributed by atoms with Crippen LogP contribution in [0.15, 0.2) is 48.5 Å². The lowest BCUT2D eigenvalue weighted by molar-refractivity contribution is -0.130. The first-order chi connectivity index (χ1) is 12.9. The summed E-state index contributed by atoms with van der Waals surface area (Å²) in [5, 5.41) is 11.8. The van der Waals surface area contributed by atoms with Crippen LogP contribution >= 0.6 is 0 Å². The molecule has 7 heteroatoms. The molecular weight excluding hydrogens is 348 g/mol. The van der Waals surface area contributed by atoms with Crippen molar-refractivity contribution in [3.05, 3.63) is 65.2 Å². The second-order valence-corrected chi connectivity index (χ2v) is 6.08. The number of nitrogens with one attached hydrogen (secondary N) is 1. The van der Waals surface area contributed by atoms with E-state index in [9.17, 15) is 14.4 Å². The Bertz CT molecular complexity index is 833. The number of para-hydroxylation sites is 1. The standard InChI is InChI=1S/C20H22N2O5/c1-22(2)18(23)13-27-17-9-4-3-8-16(17)19(24)21-11-10-14-6-5-7-15(12-14)20(25)26/h3-9,12H,10-11,13H2,1-2H3,(H,21,24)(H,25,26). The molecule has 27 heavy (non-hydrogen) atoms. The number of amides is 2. The highest BCUT2D eigenvalue weighted by Crippen LogP contribution is 2.18. The lowest BCUT2D eigenvalue weighted by Gasteiger charge is -2.14. The van der Waals surface area contributed by atoms with E-state index in [1.165, 1.54) is 11.0 Å². The lowest BCUT2D eigenvalue weighted by Crippen LogP contribution is -2.29. The topological polar surface area (TPSA) is 95.9 Å². The van der Waals surface area contributed by atoms with Gasteiger partial charge in [0.1, 0.15) is 5.75 Å². The summed E-state index contributed by atoms with van der Waals surface area (Å²) in [6.45, 7) is 0.187. The first-order valence-corrected chi connectivity index (χ1v) is 8.41. The Morgan fingerprint density at radius 3 is 2.52 bits per heavy atom. The number of carboxylic acid groups (broad SMARTS) is 1. The summed E-state index contributed by atoms with van der Waals surface area (Å²) in [6, 6.07) is 13.3. The summed E-state index contributed by atoms with van der Waals surface area (Å²) < 4.78 is 5.47. The molecule has 0 atom stereocenters. The average Bonchev–Trinajstić information content (AvgIpc) is 2.66. The molecule has 7 nitrogen and oxygen atoms in total. The second kappa shape index (κ2) is 9.38. The summed E-state index contributed by atoms with van der Waals surface area (Å²) in [4.78, 5) is 36.5. The Morgan fingerprint density at radius 2 is 1.81 bits per heavy atom. The van der Waals surface area contributed by atoms with Crippen molar-refractivity contribution in [2.75, 3.05) is 27.2 Å². The smallest absolute Gasteiger partial charge is 0.335 e. The molecule has 0 aliphatic carbocycles. The minimum Gasteiger partial charge on any atom is -0.483 e. The van der Waals surface area contributed by atoms with Crippen LogP contribution in [-0.4, -0.2) is 55.0 Å². The fourth-order valence-corrected chi connectivity index (χ4v) is 2.32. The highest BCUT2D eigenvalue weighted by atomic mass is 16.5. The van der Waals surface area contributed by atoms with Gasteiger partial charge in [0, 0.05) is 20.6 Å². The Morgan fingerprint density at radius 1 is 1.07 bits per heavy atom. The van der Waals surface area contributed by atoms with Crippen molar-refractivity contribution >= 4 is 17.8 Å². The van der Waals surface area contributed by atoms with Gasteiger partial charge in [-0.1, -0.05) is 24.3 Å². The maximum atomic E-state index is 12.4. The molecule has 2 aromatic carbocycles. The fourth-order valence-electron chi connectivity index (χ4n) is 2.32. The number of hydrogen-bond donors (Lipinski definition) is 2. The SMILES string of the molecule is CN(C)C(=O)COc1ccccc1C(=O)NCCc1cccc(C(=O)O)c1. The number of benzene rings is 2. The van der Waals surface area contributed by atoms with Gasteiger partial charge >= 0.3 is 5.97 Å². The van der Waals surface area contributed by atoms with Crippen LogP contribution in [0.3, 0.4) is 0 Å². The second-order valence-electron chi connectivity index (χ2n) is 6.08. The highest BCUT2D eigenvalue weighted by Gasteiger charge is 2.13. The number of aromatic carboxylic acids is 1. The van der Waals surface area contributed by atoms with Crippen molar-refractivity contribution in [1.29, 1.82) is 0 Å². The van der Waals surface area contributed by atoms with Crippen LogP contribution in [0.5, 0.6) is 5.75 Å². The summed E-state index contributed by atoms with van der Waals surface area (Å²) in [5.74, 6) is -1.18. The Balaban J connectivity index is 1.95. The van der Waals surface area contributed by atoms with Crippen molar-refractivity contribution in [3.8, 4) is 5.75 Å². The van der Waals surface area contributed by atoms with E-state index in [-0.39, 0.29) is 24.0 Å². The van der Waals surface area contributed by atoms with Gasteiger partial charge in [0.25, 0.3) is 11.8 Å². The van der Waals surface area contributed by atoms with E-state index in [2.05, 4.69) is 5.32 Å².